The highest BCUT2D eigenvalue weighted by Gasteiger charge is 2.73. The van der Waals surface area contributed by atoms with E-state index in [1.165, 1.54) is 0 Å². The predicted molar refractivity (Wildman–Crippen MR) is 126 cm³/mol. The van der Waals surface area contributed by atoms with Crippen molar-refractivity contribution in [3.8, 4) is 0 Å². The van der Waals surface area contributed by atoms with Gasteiger partial charge >= 0.3 is 0 Å². The molecule has 3 amide bonds. The van der Waals surface area contributed by atoms with Crippen LogP contribution >= 0.6 is 23.4 Å². The lowest BCUT2D eigenvalue weighted by Gasteiger charge is -2.34. The largest absolute Gasteiger partial charge is 0.396 e. The number of anilines is 1. The molecule has 0 radical (unpaired) electrons. The normalized spacial score (nSPS) is 30.5. The first-order valence-corrected chi connectivity index (χ1v) is 12.6. The monoisotopic (exact) mass is 479 g/mol. The number of halogens is 1. The quantitative estimate of drug-likeness (QED) is 0.473. The van der Waals surface area contributed by atoms with Crippen molar-refractivity contribution in [1.29, 1.82) is 0 Å². The number of rotatable bonds is 9. The number of carbonyl (C=O) groups is 3. The minimum absolute atomic E-state index is 0.0708. The van der Waals surface area contributed by atoms with E-state index in [0.29, 0.717) is 17.3 Å². The van der Waals surface area contributed by atoms with Crippen molar-refractivity contribution < 1.29 is 19.5 Å². The summed E-state index contributed by atoms with van der Waals surface area (Å²) >= 11 is 7.64. The third-order valence-corrected chi connectivity index (χ3v) is 9.22. The van der Waals surface area contributed by atoms with Crippen LogP contribution in [0.3, 0.4) is 0 Å². The lowest BCUT2D eigenvalue weighted by atomic mass is 9.71. The average Bonchev–Trinajstić information content (AvgIpc) is 3.42. The summed E-state index contributed by atoms with van der Waals surface area (Å²) in [5, 5.41) is 15.4. The molecular weight excluding hydrogens is 450 g/mol. The zero-order valence-corrected chi connectivity index (χ0v) is 19.8. The van der Waals surface area contributed by atoms with Crippen molar-refractivity contribution >= 4 is 46.8 Å². The van der Waals surface area contributed by atoms with Crippen LogP contribution in [0.4, 0.5) is 5.69 Å². The number of hydrogen-bond donors (Lipinski definition) is 3. The van der Waals surface area contributed by atoms with E-state index >= 15 is 0 Å². The summed E-state index contributed by atoms with van der Waals surface area (Å²) in [5.41, 5.74) is 0.634. The van der Waals surface area contributed by atoms with Gasteiger partial charge in [-0.25, -0.2) is 0 Å². The SMILES string of the molecule is CNC(=O)[C@@H]1[C@@H]2CCC3(S2)C(C(=O)Nc2ccc(Cl)cc2)N(CCCCCCO)C(=O)[C@H]13. The molecule has 1 aromatic carbocycles. The standard InChI is InChI=1S/C23H30ClN3O4S/c1-25-20(29)17-16-10-11-23(32-16)18(17)22(31)27(12-4-2-3-5-13-28)19(23)21(30)26-15-8-6-14(24)7-9-15/h6-9,16-19,28H,2-5,10-13H2,1H3,(H,25,29)(H,26,30)/t16-,17+,18-,19?,23?/m0/s1. The van der Waals surface area contributed by atoms with Crippen LogP contribution in [0.1, 0.15) is 38.5 Å². The lowest BCUT2D eigenvalue weighted by Crippen LogP contribution is -2.51. The molecule has 1 aromatic rings. The number of fused-ring (bicyclic) bond motifs is 1. The van der Waals surface area contributed by atoms with Gasteiger partial charge in [0.1, 0.15) is 6.04 Å². The van der Waals surface area contributed by atoms with Crippen molar-refractivity contribution in [2.45, 2.75) is 54.6 Å². The Kier molecular flexibility index (Phi) is 7.03. The van der Waals surface area contributed by atoms with Gasteiger partial charge in [0.25, 0.3) is 0 Å². The maximum Gasteiger partial charge on any atom is 0.248 e. The Morgan fingerprint density at radius 3 is 2.59 bits per heavy atom. The fraction of sp³-hybridized carbons (Fsp3) is 0.609. The molecule has 7 nitrogen and oxygen atoms in total. The summed E-state index contributed by atoms with van der Waals surface area (Å²) in [6.07, 6.45) is 4.84. The first-order valence-electron chi connectivity index (χ1n) is 11.3. The molecule has 3 N–H and O–H groups in total. The van der Waals surface area contributed by atoms with Gasteiger partial charge in [-0.1, -0.05) is 24.4 Å². The van der Waals surface area contributed by atoms with E-state index < -0.39 is 22.6 Å². The number of aliphatic hydroxyl groups excluding tert-OH is 1. The second kappa shape index (κ2) is 9.61. The summed E-state index contributed by atoms with van der Waals surface area (Å²) in [4.78, 5) is 41.6. The number of nitrogens with zero attached hydrogens (tertiary/aromatic N) is 1. The average molecular weight is 480 g/mol. The molecule has 3 saturated heterocycles. The Balaban J connectivity index is 1.60. The number of aliphatic hydroxyl groups is 1. The second-order valence-corrected chi connectivity index (χ2v) is 10.9. The summed E-state index contributed by atoms with van der Waals surface area (Å²) in [6, 6.07) is 6.32. The Bertz CT molecular complexity index is 882. The van der Waals surface area contributed by atoms with E-state index in [2.05, 4.69) is 10.6 Å². The maximum absolute atomic E-state index is 13.6. The topological polar surface area (TPSA) is 98.7 Å². The third-order valence-electron chi connectivity index (χ3n) is 7.02. The third kappa shape index (κ3) is 4.01. The maximum atomic E-state index is 13.6. The number of likely N-dealkylation sites (tertiary alicyclic amines) is 1. The Labute approximate surface area is 197 Å². The highest BCUT2D eigenvalue weighted by molar-refractivity contribution is 8.02. The highest BCUT2D eigenvalue weighted by atomic mass is 35.5. The lowest BCUT2D eigenvalue weighted by molar-refractivity contribution is -0.139. The van der Waals surface area contributed by atoms with Gasteiger partial charge in [-0.3, -0.25) is 14.4 Å². The molecular formula is C23H30ClN3O4S. The van der Waals surface area contributed by atoms with Gasteiger partial charge in [0.15, 0.2) is 0 Å². The van der Waals surface area contributed by atoms with Crippen LogP contribution < -0.4 is 10.6 Å². The van der Waals surface area contributed by atoms with Crippen LogP contribution in [-0.2, 0) is 14.4 Å². The van der Waals surface area contributed by atoms with Gasteiger partial charge in [0, 0.05) is 36.2 Å². The number of carbonyl (C=O) groups excluding carboxylic acids is 3. The molecule has 2 bridgehead atoms. The second-order valence-electron chi connectivity index (χ2n) is 8.84. The van der Waals surface area contributed by atoms with E-state index in [9.17, 15) is 14.4 Å². The number of benzene rings is 1. The molecule has 9 heteroatoms. The predicted octanol–water partition coefficient (Wildman–Crippen LogP) is 2.67. The highest BCUT2D eigenvalue weighted by Crippen LogP contribution is 2.66. The zero-order chi connectivity index (χ0) is 22.9. The first-order chi connectivity index (χ1) is 15.4. The summed E-state index contributed by atoms with van der Waals surface area (Å²) in [5.74, 6) is -1.25. The number of hydrogen-bond acceptors (Lipinski definition) is 5. The van der Waals surface area contributed by atoms with Crippen molar-refractivity contribution in [1.82, 2.24) is 10.2 Å². The fourth-order valence-electron chi connectivity index (χ4n) is 5.65. The van der Waals surface area contributed by atoms with Crippen molar-refractivity contribution in [2.75, 3.05) is 25.5 Å². The van der Waals surface area contributed by atoms with E-state index in [4.69, 9.17) is 16.7 Å². The van der Waals surface area contributed by atoms with Gasteiger partial charge in [-0.15, -0.1) is 11.8 Å². The molecule has 3 heterocycles. The number of amides is 3. The van der Waals surface area contributed by atoms with Gasteiger partial charge in [-0.2, -0.15) is 0 Å². The summed E-state index contributed by atoms with van der Waals surface area (Å²) < 4.78 is -0.569. The zero-order valence-electron chi connectivity index (χ0n) is 18.2. The van der Waals surface area contributed by atoms with Crippen molar-refractivity contribution in [3.05, 3.63) is 29.3 Å². The first kappa shape index (κ1) is 23.4. The fourth-order valence-corrected chi connectivity index (χ4v) is 8.00. The van der Waals surface area contributed by atoms with Crippen LogP contribution in [-0.4, -0.2) is 64.0 Å². The molecule has 3 fully saturated rings. The number of nitrogens with one attached hydrogen (secondary N) is 2. The molecule has 0 aromatic heterocycles. The van der Waals surface area contributed by atoms with Crippen LogP contribution in [0.15, 0.2) is 24.3 Å². The summed E-state index contributed by atoms with van der Waals surface area (Å²) in [6.45, 7) is 0.638. The van der Waals surface area contributed by atoms with Crippen LogP contribution in [0.5, 0.6) is 0 Å². The molecule has 0 aliphatic carbocycles. The summed E-state index contributed by atoms with van der Waals surface area (Å²) in [7, 11) is 1.61. The molecule has 3 aliphatic heterocycles. The molecule has 0 saturated carbocycles. The Morgan fingerprint density at radius 2 is 1.91 bits per heavy atom. The van der Waals surface area contributed by atoms with E-state index in [-0.39, 0.29) is 29.6 Å². The minimum Gasteiger partial charge on any atom is -0.396 e. The smallest absolute Gasteiger partial charge is 0.248 e. The van der Waals surface area contributed by atoms with E-state index in [1.54, 1.807) is 48.0 Å². The molecule has 3 aliphatic rings. The molecule has 174 valence electrons. The number of thioether (sulfide) groups is 1. The van der Waals surface area contributed by atoms with Crippen LogP contribution in [0, 0.1) is 11.8 Å². The van der Waals surface area contributed by atoms with Gasteiger partial charge < -0.3 is 20.6 Å². The molecule has 1 spiro atoms. The Hall–Kier alpha value is -1.77. The van der Waals surface area contributed by atoms with Gasteiger partial charge in [0.2, 0.25) is 17.7 Å². The van der Waals surface area contributed by atoms with Crippen molar-refractivity contribution in [3.63, 3.8) is 0 Å². The molecule has 5 atom stereocenters. The Morgan fingerprint density at radius 1 is 1.19 bits per heavy atom. The van der Waals surface area contributed by atoms with Crippen LogP contribution in [0.25, 0.3) is 0 Å². The molecule has 32 heavy (non-hydrogen) atoms. The number of unbranched alkanes of at least 4 members (excludes halogenated alkanes) is 3. The van der Waals surface area contributed by atoms with Crippen molar-refractivity contribution in [2.24, 2.45) is 11.8 Å². The molecule has 4 rings (SSSR count). The van der Waals surface area contributed by atoms with Gasteiger partial charge in [0.05, 0.1) is 16.6 Å². The van der Waals surface area contributed by atoms with Crippen LogP contribution in [0.2, 0.25) is 5.02 Å². The molecule has 2 unspecified atom stereocenters. The van der Waals surface area contributed by atoms with E-state index in [1.807, 2.05) is 0 Å². The minimum atomic E-state index is -0.613. The van der Waals surface area contributed by atoms with Gasteiger partial charge in [-0.05, 0) is 49.9 Å². The van der Waals surface area contributed by atoms with E-state index in [0.717, 1.165) is 38.5 Å².